The van der Waals surface area contributed by atoms with E-state index in [1.807, 2.05) is 27.2 Å². The third-order valence-electron chi connectivity index (χ3n) is 17.4. The largest absolute Gasteiger partial charge is 0.756 e. The highest BCUT2D eigenvalue weighted by Gasteiger charge is 2.23. The molecule has 0 aliphatic heterocycles. The molecular weight excluding hydrogens is 1100 g/mol. The number of phosphoric acid groups is 1. The van der Waals surface area contributed by atoms with Crippen LogP contribution < -0.4 is 10.2 Å². The minimum atomic E-state index is -4.62. The van der Waals surface area contributed by atoms with Crippen LogP contribution in [-0.2, 0) is 18.4 Å². The van der Waals surface area contributed by atoms with Crippen LogP contribution in [0.3, 0.4) is 0 Å². The zero-order valence-corrected chi connectivity index (χ0v) is 60.1. The van der Waals surface area contributed by atoms with Crippen LogP contribution in [0.2, 0.25) is 0 Å². The second-order valence-electron chi connectivity index (χ2n) is 27.3. The highest BCUT2D eigenvalue weighted by atomic mass is 31.2. The Morgan fingerprint density at radius 3 is 1.06 bits per heavy atom. The van der Waals surface area contributed by atoms with Crippen LogP contribution in [0.15, 0.2) is 72.9 Å². The van der Waals surface area contributed by atoms with Crippen molar-refractivity contribution < 1.29 is 32.9 Å². The summed E-state index contributed by atoms with van der Waals surface area (Å²) in [6.07, 6.45) is 97.8. The van der Waals surface area contributed by atoms with Crippen molar-refractivity contribution >= 4 is 13.7 Å². The summed E-state index contributed by atoms with van der Waals surface area (Å²) in [5.41, 5.74) is 0. The van der Waals surface area contributed by atoms with E-state index in [9.17, 15) is 19.4 Å². The molecule has 3 atom stereocenters. The Balaban J connectivity index is 4.00. The van der Waals surface area contributed by atoms with Crippen molar-refractivity contribution in [2.24, 2.45) is 0 Å². The number of nitrogens with one attached hydrogen (secondary N) is 1. The number of unbranched alkanes of at least 4 members (excludes halogenated alkanes) is 48. The fourth-order valence-corrected chi connectivity index (χ4v) is 12.2. The molecule has 0 aromatic rings. The molecule has 516 valence electrons. The van der Waals surface area contributed by atoms with Gasteiger partial charge in [0.05, 0.1) is 39.9 Å². The lowest BCUT2D eigenvalue weighted by Crippen LogP contribution is -2.45. The lowest BCUT2D eigenvalue weighted by atomic mass is 10.0. The minimum Gasteiger partial charge on any atom is -0.756 e. The molecule has 0 rings (SSSR count). The smallest absolute Gasteiger partial charge is 0.268 e. The van der Waals surface area contributed by atoms with E-state index in [-0.39, 0.29) is 12.5 Å². The summed E-state index contributed by atoms with van der Waals surface area (Å²) >= 11 is 0. The van der Waals surface area contributed by atoms with Gasteiger partial charge < -0.3 is 28.8 Å². The average molecular weight is 1250 g/mol. The molecule has 0 radical (unpaired) electrons. The van der Waals surface area contributed by atoms with Crippen molar-refractivity contribution in [2.75, 3.05) is 40.9 Å². The number of quaternary nitrogens is 1. The molecule has 0 saturated heterocycles. The SMILES string of the molecule is CC/C=C\C/C=C\C/C=C\C/C=C\CCCCCCCCCCCCCCCCCCCCCCCCCCC(=O)NC(COP(=O)([O-])OCC[N+](C)(C)C)C(O)/C=C/CC/C=C/CCCCCCCCCCCCCCCCCCCCCCCCC. The average Bonchev–Trinajstić information content (AvgIpc) is 3.70. The highest BCUT2D eigenvalue weighted by Crippen LogP contribution is 2.38. The van der Waals surface area contributed by atoms with Gasteiger partial charge in [-0.25, -0.2) is 0 Å². The number of hydrogen-bond acceptors (Lipinski definition) is 6. The molecule has 2 N–H and O–H groups in total. The molecule has 0 aliphatic rings. The van der Waals surface area contributed by atoms with Gasteiger partial charge in [-0.05, 0) is 70.6 Å². The summed E-state index contributed by atoms with van der Waals surface area (Å²) in [5, 5.41) is 14.0. The topological polar surface area (TPSA) is 108 Å². The van der Waals surface area contributed by atoms with Crippen LogP contribution in [0.1, 0.15) is 373 Å². The predicted octanol–water partition coefficient (Wildman–Crippen LogP) is 24.3. The van der Waals surface area contributed by atoms with Crippen LogP contribution in [0.5, 0.6) is 0 Å². The Labute approximate surface area is 548 Å². The number of allylic oxidation sites excluding steroid dienone is 11. The quantitative estimate of drug-likeness (QED) is 0.0272. The predicted molar refractivity (Wildman–Crippen MR) is 385 cm³/mol. The highest BCUT2D eigenvalue weighted by molar-refractivity contribution is 7.45. The molecule has 8 nitrogen and oxygen atoms in total. The standard InChI is InChI=1S/C79H149N2O6P/c1-6-8-10-12-14-16-18-20-22-24-26-28-30-32-34-36-37-38-39-40-41-42-43-45-47-49-51-53-55-57-59-61-63-65-67-69-71-73-79(83)80-77(76-87-88(84,85)86-75-74-81(3,4)5)78(82)72-70-68-66-64-62-60-58-56-54-52-50-48-46-44-35-33-31-29-27-25-23-21-19-17-15-13-11-9-7-2/h8,10,14,16,20,22,26,28,62,64,70,72,77-78,82H,6-7,9,11-13,15,17-19,21,23-25,27,29-61,63,65-69,71,73-76H2,1-5H3,(H-,80,83,84,85)/b10-8-,16-14-,22-20-,28-26-,64-62+,72-70+. The number of aliphatic hydroxyl groups excluding tert-OH is 1. The number of carbonyl (C=O) groups is 1. The zero-order chi connectivity index (χ0) is 64.1. The van der Waals surface area contributed by atoms with Crippen LogP contribution in [0.25, 0.3) is 0 Å². The number of amides is 1. The molecule has 3 unspecified atom stereocenters. The van der Waals surface area contributed by atoms with Crippen molar-refractivity contribution in [3.63, 3.8) is 0 Å². The molecule has 0 aromatic heterocycles. The van der Waals surface area contributed by atoms with E-state index in [2.05, 4.69) is 79.9 Å². The summed E-state index contributed by atoms with van der Waals surface area (Å²) in [5.74, 6) is -0.201. The summed E-state index contributed by atoms with van der Waals surface area (Å²) in [7, 11) is 1.26. The third kappa shape index (κ3) is 71.4. The summed E-state index contributed by atoms with van der Waals surface area (Å²) in [6, 6.07) is -0.906. The van der Waals surface area contributed by atoms with Gasteiger partial charge in [0.25, 0.3) is 7.82 Å². The fraction of sp³-hybridized carbons (Fsp3) is 0.835. The molecule has 0 heterocycles. The Hall–Kier alpha value is -2.06. The maximum Gasteiger partial charge on any atom is 0.268 e. The first-order valence-electron chi connectivity index (χ1n) is 38.3. The Morgan fingerprint density at radius 2 is 0.705 bits per heavy atom. The van der Waals surface area contributed by atoms with Gasteiger partial charge >= 0.3 is 0 Å². The van der Waals surface area contributed by atoms with Crippen LogP contribution in [0, 0.1) is 0 Å². The number of likely N-dealkylation sites (N-methyl/N-ethyl adjacent to an activating group) is 1. The summed E-state index contributed by atoms with van der Waals surface area (Å²) in [6.45, 7) is 4.57. The van der Waals surface area contributed by atoms with Crippen molar-refractivity contribution in [1.82, 2.24) is 5.32 Å². The van der Waals surface area contributed by atoms with E-state index in [0.717, 1.165) is 64.2 Å². The molecule has 88 heavy (non-hydrogen) atoms. The second kappa shape index (κ2) is 69.3. The normalized spacial score (nSPS) is 13.9. The van der Waals surface area contributed by atoms with Crippen LogP contribution in [0.4, 0.5) is 0 Å². The number of nitrogens with zero attached hydrogens (tertiary/aromatic N) is 1. The molecule has 0 bridgehead atoms. The van der Waals surface area contributed by atoms with E-state index in [0.29, 0.717) is 17.4 Å². The van der Waals surface area contributed by atoms with Gasteiger partial charge in [0.1, 0.15) is 13.2 Å². The molecule has 9 heteroatoms. The van der Waals surface area contributed by atoms with E-state index in [1.54, 1.807) is 6.08 Å². The number of rotatable bonds is 71. The molecule has 0 aromatic carbocycles. The first kappa shape index (κ1) is 85.9. The first-order valence-corrected chi connectivity index (χ1v) is 39.8. The maximum atomic E-state index is 13.1. The molecule has 0 aliphatic carbocycles. The maximum absolute atomic E-state index is 13.1. The number of aliphatic hydroxyl groups is 1. The van der Waals surface area contributed by atoms with Gasteiger partial charge in [-0.3, -0.25) is 9.36 Å². The number of carbonyl (C=O) groups excluding carboxylic acids is 1. The number of phosphoric ester groups is 1. The van der Waals surface area contributed by atoms with Gasteiger partial charge in [0.15, 0.2) is 0 Å². The fourth-order valence-electron chi connectivity index (χ4n) is 11.5. The zero-order valence-electron chi connectivity index (χ0n) is 59.2. The van der Waals surface area contributed by atoms with Crippen LogP contribution >= 0.6 is 7.82 Å². The Bertz CT molecular complexity index is 1670. The van der Waals surface area contributed by atoms with Crippen molar-refractivity contribution in [2.45, 2.75) is 386 Å². The van der Waals surface area contributed by atoms with E-state index < -0.39 is 26.6 Å². The second-order valence-corrected chi connectivity index (χ2v) is 28.7. The summed E-state index contributed by atoms with van der Waals surface area (Å²) in [4.78, 5) is 25.7. The lowest BCUT2D eigenvalue weighted by molar-refractivity contribution is -0.870. The Morgan fingerprint density at radius 1 is 0.409 bits per heavy atom. The van der Waals surface area contributed by atoms with Gasteiger partial charge in [-0.15, -0.1) is 0 Å². The van der Waals surface area contributed by atoms with Gasteiger partial charge in [0, 0.05) is 6.42 Å². The molecule has 1 amide bonds. The van der Waals surface area contributed by atoms with E-state index in [4.69, 9.17) is 9.05 Å². The first-order chi connectivity index (χ1) is 43.0. The van der Waals surface area contributed by atoms with Crippen molar-refractivity contribution in [1.29, 1.82) is 0 Å². The summed E-state index contributed by atoms with van der Waals surface area (Å²) < 4.78 is 23.5. The van der Waals surface area contributed by atoms with Crippen LogP contribution in [-0.4, -0.2) is 68.5 Å². The minimum absolute atomic E-state index is 0.00583. The lowest BCUT2D eigenvalue weighted by Gasteiger charge is -2.29. The van der Waals surface area contributed by atoms with Gasteiger partial charge in [-0.1, -0.05) is 369 Å². The Kier molecular flexibility index (Phi) is 67.7. The van der Waals surface area contributed by atoms with Crippen molar-refractivity contribution in [3.8, 4) is 0 Å². The van der Waals surface area contributed by atoms with E-state index >= 15 is 0 Å². The molecule has 0 spiro atoms. The van der Waals surface area contributed by atoms with Gasteiger partial charge in [-0.2, -0.15) is 0 Å². The third-order valence-corrected chi connectivity index (χ3v) is 18.4. The number of hydrogen-bond donors (Lipinski definition) is 2. The van der Waals surface area contributed by atoms with Gasteiger partial charge in [0.2, 0.25) is 5.91 Å². The molecule has 0 fully saturated rings. The monoisotopic (exact) mass is 1250 g/mol. The molecular formula is C79H149N2O6P. The molecule has 0 saturated carbocycles. The van der Waals surface area contributed by atoms with Crippen molar-refractivity contribution in [3.05, 3.63) is 72.9 Å². The van der Waals surface area contributed by atoms with E-state index in [1.165, 1.54) is 289 Å².